The number of rotatable bonds is 2. The van der Waals surface area contributed by atoms with Gasteiger partial charge in [0.25, 0.3) is 0 Å². The summed E-state index contributed by atoms with van der Waals surface area (Å²) in [6.45, 7) is 6.29. The number of hydrogen-bond donors (Lipinski definition) is 1. The van der Waals surface area contributed by atoms with Crippen LogP contribution in [0.1, 0.15) is 31.4 Å². The van der Waals surface area contributed by atoms with E-state index in [2.05, 4.69) is 39.0 Å². The van der Waals surface area contributed by atoms with Crippen molar-refractivity contribution in [1.82, 2.24) is 0 Å². The summed E-state index contributed by atoms with van der Waals surface area (Å²) in [7, 11) is 0. The van der Waals surface area contributed by atoms with Gasteiger partial charge >= 0.3 is 0 Å². The van der Waals surface area contributed by atoms with E-state index in [4.69, 9.17) is 5.73 Å². The number of benzene rings is 1. The van der Waals surface area contributed by atoms with E-state index in [9.17, 15) is 0 Å². The van der Waals surface area contributed by atoms with E-state index < -0.39 is 0 Å². The Morgan fingerprint density at radius 2 is 2.08 bits per heavy atom. The molecule has 70 valence electrons. The first-order valence-corrected chi connectivity index (χ1v) is 4.67. The van der Waals surface area contributed by atoms with E-state index in [-0.39, 0.29) is 0 Å². The minimum absolute atomic E-state index is 0.922. The van der Waals surface area contributed by atoms with E-state index >= 15 is 0 Å². The van der Waals surface area contributed by atoms with Crippen molar-refractivity contribution in [2.45, 2.75) is 27.2 Å². The van der Waals surface area contributed by atoms with E-state index in [1.807, 2.05) is 6.07 Å². The van der Waals surface area contributed by atoms with Crippen LogP contribution in [0.2, 0.25) is 0 Å². The second-order valence-electron chi connectivity index (χ2n) is 3.42. The summed E-state index contributed by atoms with van der Waals surface area (Å²) in [6.07, 6.45) is 1.01. The number of aryl methyl sites for hydroxylation is 1. The highest BCUT2D eigenvalue weighted by molar-refractivity contribution is 5.65. The van der Waals surface area contributed by atoms with Gasteiger partial charge in [0.2, 0.25) is 0 Å². The highest BCUT2D eigenvalue weighted by Gasteiger charge is 1.99. The molecule has 1 aromatic carbocycles. The summed E-state index contributed by atoms with van der Waals surface area (Å²) in [6, 6.07) is 8.30. The third-order valence-electron chi connectivity index (χ3n) is 2.32. The number of allylic oxidation sites excluding steroid dienone is 1. The minimum Gasteiger partial charge on any atom is -0.398 e. The fraction of sp³-hybridized carbons (Fsp3) is 0.333. The summed E-state index contributed by atoms with van der Waals surface area (Å²) in [5, 5.41) is 0. The summed E-state index contributed by atoms with van der Waals surface area (Å²) < 4.78 is 0. The Kier molecular flexibility index (Phi) is 3.13. The highest BCUT2D eigenvalue weighted by Crippen LogP contribution is 2.16. The third kappa shape index (κ3) is 2.35. The van der Waals surface area contributed by atoms with Crippen molar-refractivity contribution in [3.63, 3.8) is 0 Å². The largest absolute Gasteiger partial charge is 0.398 e. The van der Waals surface area contributed by atoms with Crippen molar-refractivity contribution in [2.75, 3.05) is 0 Å². The zero-order chi connectivity index (χ0) is 9.84. The van der Waals surface area contributed by atoms with Gasteiger partial charge < -0.3 is 5.73 Å². The molecule has 0 amide bonds. The molecule has 1 heteroatoms. The molecule has 1 nitrogen and oxygen atoms in total. The van der Waals surface area contributed by atoms with Gasteiger partial charge in [-0.1, -0.05) is 36.3 Å². The second-order valence-corrected chi connectivity index (χ2v) is 3.42. The lowest BCUT2D eigenvalue weighted by Gasteiger charge is -2.06. The first-order valence-electron chi connectivity index (χ1n) is 4.67. The molecule has 2 N–H and O–H groups in total. The van der Waals surface area contributed by atoms with Crippen LogP contribution in [-0.4, -0.2) is 0 Å². The quantitative estimate of drug-likeness (QED) is 0.734. The first kappa shape index (κ1) is 9.85. The number of hydrogen-bond acceptors (Lipinski definition) is 1. The van der Waals surface area contributed by atoms with Gasteiger partial charge in [0.15, 0.2) is 0 Å². The molecule has 13 heavy (non-hydrogen) atoms. The van der Waals surface area contributed by atoms with Gasteiger partial charge in [0.05, 0.1) is 0 Å². The lowest BCUT2D eigenvalue weighted by molar-refractivity contribution is 1.09. The Morgan fingerprint density at radius 3 is 2.62 bits per heavy atom. The van der Waals surface area contributed by atoms with Gasteiger partial charge in [0, 0.05) is 5.70 Å². The van der Waals surface area contributed by atoms with Crippen LogP contribution in [-0.2, 0) is 0 Å². The van der Waals surface area contributed by atoms with Crippen molar-refractivity contribution in [2.24, 2.45) is 5.73 Å². The van der Waals surface area contributed by atoms with Crippen molar-refractivity contribution in [3.8, 4) is 0 Å². The molecule has 0 bridgehead atoms. The van der Waals surface area contributed by atoms with Crippen molar-refractivity contribution < 1.29 is 0 Å². The second kappa shape index (κ2) is 4.13. The van der Waals surface area contributed by atoms with Crippen LogP contribution in [0, 0.1) is 6.92 Å². The molecule has 0 saturated heterocycles. The molecule has 0 saturated carbocycles. The Morgan fingerprint density at radius 1 is 1.38 bits per heavy atom. The van der Waals surface area contributed by atoms with Gasteiger partial charge in [-0.15, -0.1) is 0 Å². The molecule has 0 unspecified atom stereocenters. The van der Waals surface area contributed by atoms with E-state index in [0.29, 0.717) is 0 Å². The fourth-order valence-electron chi connectivity index (χ4n) is 1.25. The maximum Gasteiger partial charge on any atom is 0.0376 e. The molecule has 1 rings (SSSR count). The summed E-state index contributed by atoms with van der Waals surface area (Å²) >= 11 is 0. The van der Waals surface area contributed by atoms with Gasteiger partial charge in [-0.3, -0.25) is 0 Å². The normalized spacial score (nSPS) is 12.5. The maximum absolute atomic E-state index is 6.00. The molecule has 0 spiro atoms. The Labute approximate surface area is 80.3 Å². The maximum atomic E-state index is 6.00. The monoisotopic (exact) mass is 175 g/mol. The zero-order valence-corrected chi connectivity index (χ0v) is 8.59. The molecule has 0 atom stereocenters. The Hall–Kier alpha value is -1.24. The number of nitrogens with two attached hydrogens (primary N) is 1. The van der Waals surface area contributed by atoms with Crippen molar-refractivity contribution >= 4 is 5.70 Å². The predicted octanol–water partition coefficient (Wildman–Crippen LogP) is 3.09. The van der Waals surface area contributed by atoms with Crippen LogP contribution >= 0.6 is 0 Å². The van der Waals surface area contributed by atoms with Crippen LogP contribution in [0.4, 0.5) is 0 Å². The van der Waals surface area contributed by atoms with E-state index in [0.717, 1.165) is 17.7 Å². The summed E-state index contributed by atoms with van der Waals surface area (Å²) in [5.74, 6) is 0. The molecular weight excluding hydrogens is 158 g/mol. The molecule has 1 aromatic rings. The molecule has 0 aliphatic carbocycles. The zero-order valence-electron chi connectivity index (χ0n) is 8.59. The van der Waals surface area contributed by atoms with Gasteiger partial charge in [-0.25, -0.2) is 0 Å². The highest BCUT2D eigenvalue weighted by atomic mass is 14.6. The molecule has 0 aliphatic rings. The molecule has 0 aliphatic heterocycles. The van der Waals surface area contributed by atoms with Gasteiger partial charge in [-0.05, 0) is 31.9 Å². The molecule has 0 fully saturated rings. The van der Waals surface area contributed by atoms with Crippen LogP contribution in [0.25, 0.3) is 5.70 Å². The van der Waals surface area contributed by atoms with Crippen LogP contribution in [0.3, 0.4) is 0 Å². The lowest BCUT2D eigenvalue weighted by Crippen LogP contribution is -1.99. The van der Waals surface area contributed by atoms with E-state index in [1.54, 1.807) is 0 Å². The third-order valence-corrected chi connectivity index (χ3v) is 2.32. The molecule has 0 heterocycles. The standard InChI is InChI=1S/C12H17N/c1-4-10(3)12(13)11-7-5-6-9(2)8-11/h5-8H,4,13H2,1-3H3/b12-10+. The smallest absolute Gasteiger partial charge is 0.0376 e. The Bertz CT molecular complexity index is 324. The average molecular weight is 175 g/mol. The molecule has 0 aromatic heterocycles. The summed E-state index contributed by atoms with van der Waals surface area (Å²) in [5.41, 5.74) is 10.6. The van der Waals surface area contributed by atoms with Crippen LogP contribution in [0.15, 0.2) is 29.8 Å². The van der Waals surface area contributed by atoms with Crippen molar-refractivity contribution in [1.29, 1.82) is 0 Å². The fourth-order valence-corrected chi connectivity index (χ4v) is 1.25. The molecule has 0 radical (unpaired) electrons. The topological polar surface area (TPSA) is 26.0 Å². The van der Waals surface area contributed by atoms with Crippen LogP contribution in [0.5, 0.6) is 0 Å². The van der Waals surface area contributed by atoms with Gasteiger partial charge in [0.1, 0.15) is 0 Å². The van der Waals surface area contributed by atoms with Crippen molar-refractivity contribution in [3.05, 3.63) is 41.0 Å². The summed E-state index contributed by atoms with van der Waals surface area (Å²) in [4.78, 5) is 0. The minimum atomic E-state index is 0.922. The van der Waals surface area contributed by atoms with Crippen LogP contribution < -0.4 is 5.73 Å². The lowest BCUT2D eigenvalue weighted by atomic mass is 10.0. The van der Waals surface area contributed by atoms with Gasteiger partial charge in [-0.2, -0.15) is 0 Å². The first-order chi connectivity index (χ1) is 6.15. The Balaban J connectivity index is 3.08. The van der Waals surface area contributed by atoms with E-state index in [1.165, 1.54) is 11.1 Å². The molecular formula is C12H17N. The SMILES string of the molecule is CC/C(C)=C(/N)c1cccc(C)c1. The predicted molar refractivity (Wildman–Crippen MR) is 58.3 cm³/mol. The average Bonchev–Trinajstić information content (AvgIpc) is 2.15.